The number of carbonyl (C=O) groups excluding carboxylic acids is 1. The van der Waals surface area contributed by atoms with E-state index in [0.29, 0.717) is 6.47 Å². The van der Waals surface area contributed by atoms with Gasteiger partial charge in [0.05, 0.1) is 0 Å². The molecule has 1 aromatic carbocycles. The van der Waals surface area contributed by atoms with Crippen molar-refractivity contribution in [2.24, 2.45) is 0 Å². The van der Waals surface area contributed by atoms with Gasteiger partial charge in [-0.15, -0.1) is 0 Å². The summed E-state index contributed by atoms with van der Waals surface area (Å²) in [4.78, 5) is 10.9. The van der Waals surface area contributed by atoms with E-state index < -0.39 is 0 Å². The second-order valence-corrected chi connectivity index (χ2v) is 7.85. The number of aryl methyl sites for hydroxylation is 1. The highest BCUT2D eigenvalue weighted by atomic mass is 16.5. The van der Waals surface area contributed by atoms with Crippen molar-refractivity contribution >= 4 is 6.47 Å². The lowest BCUT2D eigenvalue weighted by atomic mass is 9.95. The lowest BCUT2D eigenvalue weighted by Gasteiger charge is -2.13. The third-order valence-corrected chi connectivity index (χ3v) is 5.49. The maximum absolute atomic E-state index is 10.9. The number of rotatable bonds is 18. The summed E-state index contributed by atoms with van der Waals surface area (Å²) < 4.78 is 5.28. The molecular weight excluding hydrogens is 332 g/mol. The van der Waals surface area contributed by atoms with Crippen LogP contribution < -0.4 is 4.74 Å². The van der Waals surface area contributed by atoms with Gasteiger partial charge in [0.1, 0.15) is 5.75 Å². The second-order valence-electron chi connectivity index (χ2n) is 7.85. The van der Waals surface area contributed by atoms with Gasteiger partial charge in [-0.1, -0.05) is 103 Å². The molecule has 0 aliphatic carbocycles. The van der Waals surface area contributed by atoms with E-state index in [4.69, 9.17) is 4.74 Å². The summed E-state index contributed by atoms with van der Waals surface area (Å²) in [6.07, 6.45) is 20.6. The molecule has 0 heterocycles. The quantitative estimate of drug-likeness (QED) is 0.193. The van der Waals surface area contributed by atoms with Crippen LogP contribution in [-0.4, -0.2) is 6.47 Å². The summed E-state index contributed by atoms with van der Waals surface area (Å²) in [5.41, 5.74) is 2.65. The highest BCUT2D eigenvalue weighted by molar-refractivity contribution is 5.50. The van der Waals surface area contributed by atoms with Gasteiger partial charge in [-0.05, 0) is 42.9 Å². The third-order valence-electron chi connectivity index (χ3n) is 5.49. The Morgan fingerprint density at radius 3 is 1.78 bits per heavy atom. The largest absolute Gasteiger partial charge is 0.428 e. The molecule has 0 bridgehead atoms. The Morgan fingerprint density at radius 2 is 1.22 bits per heavy atom. The van der Waals surface area contributed by atoms with E-state index in [-0.39, 0.29) is 0 Å². The van der Waals surface area contributed by atoms with Gasteiger partial charge in [0.15, 0.2) is 0 Å². The number of hydrogen-bond donors (Lipinski definition) is 0. The molecule has 0 unspecified atom stereocenters. The highest BCUT2D eigenvalue weighted by Crippen LogP contribution is 2.26. The van der Waals surface area contributed by atoms with E-state index in [2.05, 4.69) is 19.9 Å². The van der Waals surface area contributed by atoms with Crippen molar-refractivity contribution in [1.29, 1.82) is 0 Å². The van der Waals surface area contributed by atoms with Gasteiger partial charge in [-0.2, -0.15) is 0 Å². The maximum atomic E-state index is 10.9. The van der Waals surface area contributed by atoms with Crippen molar-refractivity contribution in [1.82, 2.24) is 0 Å². The van der Waals surface area contributed by atoms with Gasteiger partial charge in [0, 0.05) is 0 Å². The van der Waals surface area contributed by atoms with Gasteiger partial charge in [-0.25, -0.2) is 0 Å². The van der Waals surface area contributed by atoms with Crippen LogP contribution in [0.4, 0.5) is 0 Å². The number of benzene rings is 1. The zero-order valence-corrected chi connectivity index (χ0v) is 17.9. The second kappa shape index (κ2) is 16.8. The molecule has 0 aliphatic heterocycles. The summed E-state index contributed by atoms with van der Waals surface area (Å²) in [6.45, 7) is 5.10. The van der Waals surface area contributed by atoms with Crippen LogP contribution in [0.25, 0.3) is 0 Å². The Hall–Kier alpha value is -1.31. The molecule has 0 aromatic heterocycles. The minimum atomic E-state index is 0.571. The first-order chi connectivity index (χ1) is 13.3. The van der Waals surface area contributed by atoms with Crippen LogP contribution in [0.5, 0.6) is 5.75 Å². The monoisotopic (exact) mass is 374 g/mol. The molecule has 2 heteroatoms. The highest BCUT2D eigenvalue weighted by Gasteiger charge is 2.09. The standard InChI is InChI=1S/C25H42O2/c1-3-5-7-9-11-13-15-18-23-19-17-21-25(27-22-26)24(23)20-16-14-12-10-8-6-4-2/h17,19,21-22H,3-16,18,20H2,1-2H3. The van der Waals surface area contributed by atoms with Gasteiger partial charge in [0.25, 0.3) is 6.47 Å². The normalized spacial score (nSPS) is 10.9. The van der Waals surface area contributed by atoms with Crippen LogP contribution in [-0.2, 0) is 17.6 Å². The third kappa shape index (κ3) is 11.2. The van der Waals surface area contributed by atoms with Crippen LogP contribution in [0.15, 0.2) is 18.2 Å². The molecule has 0 amide bonds. The maximum Gasteiger partial charge on any atom is 0.298 e. The fourth-order valence-electron chi connectivity index (χ4n) is 3.82. The molecule has 2 nitrogen and oxygen atoms in total. The van der Waals surface area contributed by atoms with Gasteiger partial charge < -0.3 is 4.74 Å². The molecule has 0 N–H and O–H groups in total. The van der Waals surface area contributed by atoms with Crippen LogP contribution in [0.1, 0.15) is 115 Å². The molecular formula is C25H42O2. The fraction of sp³-hybridized carbons (Fsp3) is 0.720. The summed E-state index contributed by atoms with van der Waals surface area (Å²) in [6, 6.07) is 6.20. The van der Waals surface area contributed by atoms with Gasteiger partial charge >= 0.3 is 0 Å². The zero-order chi connectivity index (χ0) is 19.6. The van der Waals surface area contributed by atoms with E-state index in [9.17, 15) is 4.79 Å². The van der Waals surface area contributed by atoms with Crippen LogP contribution in [0, 0.1) is 0 Å². The minimum absolute atomic E-state index is 0.571. The van der Waals surface area contributed by atoms with E-state index in [1.807, 2.05) is 12.1 Å². The zero-order valence-electron chi connectivity index (χ0n) is 17.9. The molecule has 0 saturated carbocycles. The number of unbranched alkanes of at least 4 members (excludes halogenated alkanes) is 12. The Bertz CT molecular complexity index is 481. The SMILES string of the molecule is CCCCCCCCCc1cccc(OC=O)c1CCCCCCCCC. The average Bonchev–Trinajstić information content (AvgIpc) is 2.68. The predicted molar refractivity (Wildman–Crippen MR) is 117 cm³/mol. The van der Waals surface area contributed by atoms with Crippen molar-refractivity contribution in [3.8, 4) is 5.75 Å². The number of ether oxygens (including phenoxy) is 1. The molecule has 27 heavy (non-hydrogen) atoms. The van der Waals surface area contributed by atoms with Crippen molar-refractivity contribution in [3.63, 3.8) is 0 Å². The Kier molecular flexibility index (Phi) is 14.8. The molecule has 154 valence electrons. The molecule has 0 atom stereocenters. The fourth-order valence-corrected chi connectivity index (χ4v) is 3.82. The van der Waals surface area contributed by atoms with E-state index in [0.717, 1.165) is 18.6 Å². The summed E-state index contributed by atoms with van der Waals surface area (Å²) in [7, 11) is 0. The van der Waals surface area contributed by atoms with E-state index in [1.165, 1.54) is 101 Å². The molecule has 0 saturated heterocycles. The van der Waals surface area contributed by atoms with Gasteiger partial charge in [0.2, 0.25) is 0 Å². The smallest absolute Gasteiger partial charge is 0.298 e. The number of hydrogen-bond acceptors (Lipinski definition) is 2. The number of carbonyl (C=O) groups is 1. The predicted octanol–water partition coefficient (Wildman–Crippen LogP) is 7.81. The lowest BCUT2D eigenvalue weighted by molar-refractivity contribution is -0.120. The topological polar surface area (TPSA) is 26.3 Å². The van der Waals surface area contributed by atoms with Crippen LogP contribution in [0.2, 0.25) is 0 Å². The van der Waals surface area contributed by atoms with Crippen molar-refractivity contribution < 1.29 is 9.53 Å². The molecule has 0 fully saturated rings. The first kappa shape index (κ1) is 23.7. The Labute approximate surface area is 168 Å². The van der Waals surface area contributed by atoms with Crippen LogP contribution >= 0.6 is 0 Å². The molecule has 1 rings (SSSR count). The van der Waals surface area contributed by atoms with Crippen LogP contribution in [0.3, 0.4) is 0 Å². The summed E-state index contributed by atoms with van der Waals surface area (Å²) in [5.74, 6) is 0.774. The van der Waals surface area contributed by atoms with E-state index >= 15 is 0 Å². The van der Waals surface area contributed by atoms with Crippen molar-refractivity contribution in [2.45, 2.75) is 117 Å². The van der Waals surface area contributed by atoms with E-state index in [1.54, 1.807) is 0 Å². The first-order valence-corrected chi connectivity index (χ1v) is 11.5. The Balaban J connectivity index is 2.43. The lowest BCUT2D eigenvalue weighted by Crippen LogP contribution is -2.01. The van der Waals surface area contributed by atoms with Crippen molar-refractivity contribution in [3.05, 3.63) is 29.3 Å². The summed E-state index contributed by atoms with van der Waals surface area (Å²) in [5, 5.41) is 0. The molecule has 0 aliphatic rings. The minimum Gasteiger partial charge on any atom is -0.428 e. The summed E-state index contributed by atoms with van der Waals surface area (Å²) >= 11 is 0. The molecule has 0 radical (unpaired) electrons. The Morgan fingerprint density at radius 1 is 0.704 bits per heavy atom. The van der Waals surface area contributed by atoms with Crippen molar-refractivity contribution in [2.75, 3.05) is 0 Å². The average molecular weight is 375 g/mol. The van der Waals surface area contributed by atoms with Gasteiger partial charge in [-0.3, -0.25) is 4.79 Å². The molecule has 0 spiro atoms. The first-order valence-electron chi connectivity index (χ1n) is 11.5. The molecule has 1 aromatic rings.